The van der Waals surface area contributed by atoms with Crippen molar-refractivity contribution in [3.05, 3.63) is 66.0 Å². The third-order valence-corrected chi connectivity index (χ3v) is 3.55. The van der Waals surface area contributed by atoms with Crippen molar-refractivity contribution < 1.29 is 13.9 Å². The van der Waals surface area contributed by atoms with Gasteiger partial charge in [0.25, 0.3) is 5.91 Å². The van der Waals surface area contributed by atoms with Crippen molar-refractivity contribution in [1.29, 1.82) is 0 Å². The summed E-state index contributed by atoms with van der Waals surface area (Å²) in [5, 5.41) is 0. The molecule has 1 aliphatic heterocycles. The molecule has 4 heteroatoms. The number of amides is 1. The lowest BCUT2D eigenvalue weighted by Crippen LogP contribution is -2.30. The molecule has 0 spiro atoms. The molecule has 1 atom stereocenters. The predicted molar refractivity (Wildman–Crippen MR) is 77.8 cm³/mol. The van der Waals surface area contributed by atoms with E-state index in [-0.39, 0.29) is 17.8 Å². The first-order valence-electron chi connectivity index (χ1n) is 6.99. The molecule has 0 bridgehead atoms. The Morgan fingerprint density at radius 3 is 2.71 bits per heavy atom. The van der Waals surface area contributed by atoms with Crippen LogP contribution in [0.5, 0.6) is 5.75 Å². The summed E-state index contributed by atoms with van der Waals surface area (Å²) in [4.78, 5) is 14.1. The average Bonchev–Trinajstić information content (AvgIpc) is 2.96. The molecule has 1 saturated heterocycles. The Labute approximate surface area is 123 Å². The van der Waals surface area contributed by atoms with Gasteiger partial charge < -0.3 is 9.64 Å². The van der Waals surface area contributed by atoms with E-state index in [9.17, 15) is 9.18 Å². The summed E-state index contributed by atoms with van der Waals surface area (Å²) in [6.07, 6.45) is 0.675. The molecule has 1 fully saturated rings. The van der Waals surface area contributed by atoms with E-state index < -0.39 is 0 Å². The summed E-state index contributed by atoms with van der Waals surface area (Å²) in [5.41, 5.74) is 0.684. The smallest absolute Gasteiger partial charge is 0.253 e. The summed E-state index contributed by atoms with van der Waals surface area (Å²) >= 11 is 0. The zero-order chi connectivity index (χ0) is 14.7. The van der Waals surface area contributed by atoms with Gasteiger partial charge in [-0.05, 0) is 24.3 Å². The minimum atomic E-state index is -0.317. The zero-order valence-electron chi connectivity index (χ0n) is 11.5. The fourth-order valence-corrected chi connectivity index (χ4v) is 2.50. The van der Waals surface area contributed by atoms with E-state index in [0.717, 1.165) is 6.42 Å². The number of hydrogen-bond acceptors (Lipinski definition) is 2. The third kappa shape index (κ3) is 3.21. The van der Waals surface area contributed by atoms with Crippen LogP contribution >= 0.6 is 0 Å². The van der Waals surface area contributed by atoms with Crippen molar-refractivity contribution in [2.45, 2.75) is 12.5 Å². The van der Waals surface area contributed by atoms with E-state index in [1.807, 2.05) is 30.3 Å². The van der Waals surface area contributed by atoms with Crippen LogP contribution in [-0.4, -0.2) is 30.0 Å². The Morgan fingerprint density at radius 2 is 1.95 bits per heavy atom. The minimum absolute atomic E-state index is 0.0148. The predicted octanol–water partition coefficient (Wildman–Crippen LogP) is 3.12. The van der Waals surface area contributed by atoms with E-state index in [1.54, 1.807) is 17.0 Å². The Hall–Kier alpha value is -2.36. The van der Waals surface area contributed by atoms with E-state index in [0.29, 0.717) is 24.4 Å². The molecule has 1 aliphatic rings. The second kappa shape index (κ2) is 5.95. The molecule has 108 valence electrons. The standard InChI is InChI=1S/C17H16FNO2/c18-14-7-4-8-15(11-14)21-16-9-10-19(12-16)17(20)13-5-2-1-3-6-13/h1-8,11,16H,9-10,12H2. The van der Waals surface area contributed by atoms with Gasteiger partial charge in [-0.3, -0.25) is 4.79 Å². The molecule has 21 heavy (non-hydrogen) atoms. The number of carbonyl (C=O) groups is 1. The minimum Gasteiger partial charge on any atom is -0.488 e. The number of halogens is 1. The first-order valence-corrected chi connectivity index (χ1v) is 6.99. The highest BCUT2D eigenvalue weighted by atomic mass is 19.1. The molecular weight excluding hydrogens is 269 g/mol. The van der Waals surface area contributed by atoms with Gasteiger partial charge in [0.15, 0.2) is 0 Å². The van der Waals surface area contributed by atoms with Gasteiger partial charge in [0.05, 0.1) is 6.54 Å². The monoisotopic (exact) mass is 285 g/mol. The maximum Gasteiger partial charge on any atom is 0.253 e. The topological polar surface area (TPSA) is 29.5 Å². The Bertz CT molecular complexity index is 630. The quantitative estimate of drug-likeness (QED) is 0.867. The largest absolute Gasteiger partial charge is 0.488 e. The van der Waals surface area contributed by atoms with Gasteiger partial charge in [0, 0.05) is 24.6 Å². The fraction of sp³-hybridized carbons (Fsp3) is 0.235. The van der Waals surface area contributed by atoms with Crippen LogP contribution < -0.4 is 4.74 Å². The maximum atomic E-state index is 13.1. The number of ether oxygens (including phenoxy) is 1. The SMILES string of the molecule is O=C(c1ccccc1)N1CCC(Oc2cccc(F)c2)C1. The average molecular weight is 285 g/mol. The van der Waals surface area contributed by atoms with Crippen molar-refractivity contribution in [3.8, 4) is 5.75 Å². The number of carbonyl (C=O) groups excluding carboxylic acids is 1. The van der Waals surface area contributed by atoms with E-state index in [2.05, 4.69) is 0 Å². The van der Waals surface area contributed by atoms with Gasteiger partial charge in [-0.25, -0.2) is 4.39 Å². The second-order valence-electron chi connectivity index (χ2n) is 5.10. The molecule has 0 aliphatic carbocycles. The van der Waals surface area contributed by atoms with E-state index in [4.69, 9.17) is 4.74 Å². The molecule has 1 heterocycles. The van der Waals surface area contributed by atoms with Crippen molar-refractivity contribution >= 4 is 5.91 Å². The Balaban J connectivity index is 1.62. The second-order valence-corrected chi connectivity index (χ2v) is 5.10. The molecule has 2 aromatic carbocycles. The van der Waals surface area contributed by atoms with Gasteiger partial charge >= 0.3 is 0 Å². The summed E-state index contributed by atoms with van der Waals surface area (Å²) in [6, 6.07) is 15.3. The van der Waals surface area contributed by atoms with Gasteiger partial charge in [-0.2, -0.15) is 0 Å². The highest BCUT2D eigenvalue weighted by molar-refractivity contribution is 5.94. The van der Waals surface area contributed by atoms with Crippen LogP contribution in [-0.2, 0) is 0 Å². The lowest BCUT2D eigenvalue weighted by molar-refractivity contribution is 0.0772. The highest BCUT2D eigenvalue weighted by Gasteiger charge is 2.28. The van der Waals surface area contributed by atoms with E-state index >= 15 is 0 Å². The summed E-state index contributed by atoms with van der Waals surface area (Å²) in [7, 11) is 0. The lowest BCUT2D eigenvalue weighted by Gasteiger charge is -2.17. The van der Waals surface area contributed by atoms with Crippen molar-refractivity contribution in [2.75, 3.05) is 13.1 Å². The number of rotatable bonds is 3. The summed E-state index contributed by atoms with van der Waals surface area (Å²) in [5.74, 6) is 0.206. The van der Waals surface area contributed by atoms with Crippen LogP contribution in [0.15, 0.2) is 54.6 Å². The zero-order valence-corrected chi connectivity index (χ0v) is 11.5. The first-order chi connectivity index (χ1) is 10.2. The molecule has 3 nitrogen and oxygen atoms in total. The van der Waals surface area contributed by atoms with Crippen LogP contribution in [0.2, 0.25) is 0 Å². The number of nitrogens with zero attached hydrogens (tertiary/aromatic N) is 1. The Morgan fingerprint density at radius 1 is 1.14 bits per heavy atom. The van der Waals surface area contributed by atoms with Gasteiger partial charge in [0.2, 0.25) is 0 Å². The Kier molecular flexibility index (Phi) is 3.86. The molecule has 0 aromatic heterocycles. The van der Waals surface area contributed by atoms with Crippen LogP contribution in [0.3, 0.4) is 0 Å². The van der Waals surface area contributed by atoms with Crippen molar-refractivity contribution in [2.24, 2.45) is 0 Å². The van der Waals surface area contributed by atoms with Crippen LogP contribution in [0.1, 0.15) is 16.8 Å². The fourth-order valence-electron chi connectivity index (χ4n) is 2.50. The van der Waals surface area contributed by atoms with Gasteiger partial charge in [-0.15, -0.1) is 0 Å². The molecule has 1 unspecified atom stereocenters. The van der Waals surface area contributed by atoms with Crippen LogP contribution in [0, 0.1) is 5.82 Å². The third-order valence-electron chi connectivity index (χ3n) is 3.55. The lowest BCUT2D eigenvalue weighted by atomic mass is 10.2. The van der Waals surface area contributed by atoms with E-state index in [1.165, 1.54) is 12.1 Å². The molecule has 3 rings (SSSR count). The normalized spacial score (nSPS) is 17.8. The van der Waals surface area contributed by atoms with Crippen molar-refractivity contribution in [1.82, 2.24) is 4.90 Å². The molecule has 0 radical (unpaired) electrons. The number of hydrogen-bond donors (Lipinski definition) is 0. The molecule has 1 amide bonds. The molecule has 2 aromatic rings. The van der Waals surface area contributed by atoms with Crippen molar-refractivity contribution in [3.63, 3.8) is 0 Å². The first kappa shape index (κ1) is 13.6. The summed E-state index contributed by atoms with van der Waals surface area (Å²) < 4.78 is 18.9. The molecule has 0 saturated carbocycles. The van der Waals surface area contributed by atoms with Crippen LogP contribution in [0.25, 0.3) is 0 Å². The number of benzene rings is 2. The van der Waals surface area contributed by atoms with Crippen LogP contribution in [0.4, 0.5) is 4.39 Å². The van der Waals surface area contributed by atoms with Gasteiger partial charge in [0.1, 0.15) is 17.7 Å². The number of likely N-dealkylation sites (tertiary alicyclic amines) is 1. The highest BCUT2D eigenvalue weighted by Crippen LogP contribution is 2.20. The van der Waals surface area contributed by atoms with Gasteiger partial charge in [-0.1, -0.05) is 24.3 Å². The summed E-state index contributed by atoms with van der Waals surface area (Å²) in [6.45, 7) is 1.19. The molecule has 0 N–H and O–H groups in total. The maximum absolute atomic E-state index is 13.1. The molecular formula is C17H16FNO2.